The molecule has 3 heterocycles. The van der Waals surface area contributed by atoms with Crippen LogP contribution < -0.4 is 5.32 Å². The van der Waals surface area contributed by atoms with Crippen molar-refractivity contribution in [3.05, 3.63) is 33.8 Å². The summed E-state index contributed by atoms with van der Waals surface area (Å²) in [5.74, 6) is 0.727. The fourth-order valence-corrected chi connectivity index (χ4v) is 3.86. The van der Waals surface area contributed by atoms with Gasteiger partial charge in [-0.3, -0.25) is 4.79 Å². The first-order valence-corrected chi connectivity index (χ1v) is 7.71. The number of amides is 1. The molecule has 4 rings (SSSR count). The fourth-order valence-electron chi connectivity index (χ4n) is 3.25. The Hall–Kier alpha value is -0.870. The number of benzene rings is 1. The lowest BCUT2D eigenvalue weighted by atomic mass is 9.84. The molecule has 3 aliphatic heterocycles. The maximum atomic E-state index is 12.3. The molecule has 3 saturated heterocycles. The van der Waals surface area contributed by atoms with Crippen molar-refractivity contribution in [1.29, 1.82) is 0 Å². The van der Waals surface area contributed by atoms with E-state index < -0.39 is 0 Å². The molecule has 1 amide bonds. The van der Waals surface area contributed by atoms with Gasteiger partial charge in [-0.25, -0.2) is 0 Å². The summed E-state index contributed by atoms with van der Waals surface area (Å²) in [5.41, 5.74) is 1.86. The van der Waals surface area contributed by atoms with Crippen molar-refractivity contribution in [3.63, 3.8) is 0 Å². The van der Waals surface area contributed by atoms with E-state index >= 15 is 0 Å². The lowest BCUT2D eigenvalue weighted by Gasteiger charge is -2.44. The number of hydrogen-bond donors (Lipinski definition) is 1. The van der Waals surface area contributed by atoms with Crippen LogP contribution in [0.2, 0.25) is 0 Å². The van der Waals surface area contributed by atoms with E-state index in [4.69, 9.17) is 0 Å². The molecular weight excluding hydrogens is 304 g/mol. The van der Waals surface area contributed by atoms with Crippen molar-refractivity contribution in [2.45, 2.75) is 25.8 Å². The first kappa shape index (κ1) is 13.1. The average molecular weight is 323 g/mol. The van der Waals surface area contributed by atoms with Crippen LogP contribution in [0.25, 0.3) is 0 Å². The number of halogens is 1. The Morgan fingerprint density at radius 2 is 2.05 bits per heavy atom. The molecule has 19 heavy (non-hydrogen) atoms. The van der Waals surface area contributed by atoms with E-state index in [9.17, 15) is 4.79 Å². The van der Waals surface area contributed by atoms with Crippen LogP contribution in [-0.4, -0.2) is 36.5 Å². The van der Waals surface area contributed by atoms with Gasteiger partial charge in [0.1, 0.15) is 0 Å². The van der Waals surface area contributed by atoms with Gasteiger partial charge in [0.2, 0.25) is 0 Å². The maximum absolute atomic E-state index is 12.3. The van der Waals surface area contributed by atoms with Gasteiger partial charge in [0, 0.05) is 22.6 Å². The highest BCUT2D eigenvalue weighted by molar-refractivity contribution is 9.10. The Kier molecular flexibility index (Phi) is 3.63. The smallest absolute Gasteiger partial charge is 0.251 e. The summed E-state index contributed by atoms with van der Waals surface area (Å²) in [7, 11) is 0. The lowest BCUT2D eigenvalue weighted by Crippen LogP contribution is -2.57. The Morgan fingerprint density at radius 3 is 2.63 bits per heavy atom. The summed E-state index contributed by atoms with van der Waals surface area (Å²) in [5, 5.41) is 3.22. The van der Waals surface area contributed by atoms with E-state index in [-0.39, 0.29) is 5.91 Å². The second-order valence-electron chi connectivity index (χ2n) is 5.74. The lowest BCUT2D eigenvalue weighted by molar-refractivity contribution is 0.0620. The largest absolute Gasteiger partial charge is 0.348 e. The van der Waals surface area contributed by atoms with Crippen molar-refractivity contribution in [2.24, 2.45) is 5.92 Å². The van der Waals surface area contributed by atoms with E-state index in [1.54, 1.807) is 0 Å². The Morgan fingerprint density at radius 1 is 1.32 bits per heavy atom. The minimum Gasteiger partial charge on any atom is -0.348 e. The molecule has 0 aromatic heterocycles. The van der Waals surface area contributed by atoms with Crippen LogP contribution in [0.15, 0.2) is 22.7 Å². The molecule has 1 aromatic carbocycles. The minimum absolute atomic E-state index is 0.0585. The van der Waals surface area contributed by atoms with Gasteiger partial charge >= 0.3 is 0 Å². The van der Waals surface area contributed by atoms with Crippen molar-refractivity contribution >= 4 is 21.8 Å². The van der Waals surface area contributed by atoms with E-state index in [2.05, 4.69) is 26.1 Å². The number of hydrogen-bond acceptors (Lipinski definition) is 2. The SMILES string of the molecule is Cc1cc(Br)cc(C(=O)NC2CN3CCC2CC3)c1. The molecule has 102 valence electrons. The topological polar surface area (TPSA) is 32.3 Å². The zero-order valence-electron chi connectivity index (χ0n) is 11.2. The highest BCUT2D eigenvalue weighted by Gasteiger charge is 2.34. The van der Waals surface area contributed by atoms with Gasteiger partial charge < -0.3 is 10.2 Å². The summed E-state index contributed by atoms with van der Waals surface area (Å²) < 4.78 is 0.964. The molecule has 0 radical (unpaired) electrons. The van der Waals surface area contributed by atoms with E-state index in [0.29, 0.717) is 12.0 Å². The number of nitrogens with zero attached hydrogens (tertiary/aromatic N) is 1. The number of carbonyl (C=O) groups excluding carboxylic acids is 1. The third-order valence-electron chi connectivity index (χ3n) is 4.28. The van der Waals surface area contributed by atoms with Gasteiger partial charge in [0.15, 0.2) is 0 Å². The molecule has 0 saturated carbocycles. The third-order valence-corrected chi connectivity index (χ3v) is 4.73. The average Bonchev–Trinajstić information content (AvgIpc) is 2.39. The monoisotopic (exact) mass is 322 g/mol. The number of piperidine rings is 3. The maximum Gasteiger partial charge on any atom is 0.251 e. The Labute approximate surface area is 122 Å². The van der Waals surface area contributed by atoms with E-state index in [0.717, 1.165) is 22.1 Å². The third kappa shape index (κ3) is 2.84. The summed E-state index contributed by atoms with van der Waals surface area (Å²) in [6.07, 6.45) is 2.45. The van der Waals surface area contributed by atoms with Crippen LogP contribution in [-0.2, 0) is 0 Å². The van der Waals surface area contributed by atoms with Gasteiger partial charge in [-0.1, -0.05) is 15.9 Å². The molecule has 0 spiro atoms. The molecule has 1 atom stereocenters. The Bertz CT molecular complexity index is 475. The van der Waals surface area contributed by atoms with Crippen molar-refractivity contribution < 1.29 is 4.79 Å². The molecule has 1 aromatic rings. The number of aryl methyl sites for hydroxylation is 1. The second-order valence-corrected chi connectivity index (χ2v) is 6.65. The molecule has 3 fully saturated rings. The molecule has 1 N–H and O–H groups in total. The van der Waals surface area contributed by atoms with Gasteiger partial charge in [-0.2, -0.15) is 0 Å². The number of carbonyl (C=O) groups is 1. The first-order chi connectivity index (χ1) is 9.11. The van der Waals surface area contributed by atoms with Crippen LogP contribution in [0.3, 0.4) is 0 Å². The zero-order chi connectivity index (χ0) is 13.4. The fraction of sp³-hybridized carbons (Fsp3) is 0.533. The quantitative estimate of drug-likeness (QED) is 0.907. The van der Waals surface area contributed by atoms with Gasteiger partial charge in [-0.15, -0.1) is 0 Å². The number of rotatable bonds is 2. The predicted octanol–water partition coefficient (Wildman–Crippen LogP) is 2.58. The summed E-state index contributed by atoms with van der Waals surface area (Å²) in [6.45, 7) is 5.43. The molecular formula is C15H19BrN2O. The highest BCUT2D eigenvalue weighted by Crippen LogP contribution is 2.27. The Balaban J connectivity index is 1.71. The summed E-state index contributed by atoms with van der Waals surface area (Å²) in [4.78, 5) is 14.8. The first-order valence-electron chi connectivity index (χ1n) is 6.92. The predicted molar refractivity (Wildman–Crippen MR) is 79.3 cm³/mol. The minimum atomic E-state index is 0.0585. The van der Waals surface area contributed by atoms with Gasteiger partial charge in [-0.05, 0) is 62.5 Å². The molecule has 4 heteroatoms. The standard InChI is InChI=1S/C15H19BrN2O/c1-10-6-12(8-13(16)7-10)15(19)17-14-9-18-4-2-11(14)3-5-18/h6-8,11,14H,2-5,9H2,1H3,(H,17,19). The van der Waals surface area contributed by atoms with E-state index in [1.165, 1.54) is 25.9 Å². The van der Waals surface area contributed by atoms with Crippen molar-refractivity contribution in [2.75, 3.05) is 19.6 Å². The highest BCUT2D eigenvalue weighted by atomic mass is 79.9. The number of nitrogens with one attached hydrogen (secondary N) is 1. The van der Waals surface area contributed by atoms with Gasteiger partial charge in [0.25, 0.3) is 5.91 Å². The molecule has 3 nitrogen and oxygen atoms in total. The van der Waals surface area contributed by atoms with Crippen molar-refractivity contribution in [3.8, 4) is 0 Å². The van der Waals surface area contributed by atoms with Crippen molar-refractivity contribution in [1.82, 2.24) is 10.2 Å². The zero-order valence-corrected chi connectivity index (χ0v) is 12.7. The molecule has 3 aliphatic rings. The second kappa shape index (κ2) is 5.25. The molecule has 0 aliphatic carbocycles. The molecule has 1 unspecified atom stereocenters. The summed E-state index contributed by atoms with van der Waals surface area (Å²) >= 11 is 3.45. The van der Waals surface area contributed by atoms with E-state index in [1.807, 2.05) is 25.1 Å². The summed E-state index contributed by atoms with van der Waals surface area (Å²) in [6, 6.07) is 6.19. The van der Waals surface area contributed by atoms with Crippen LogP contribution >= 0.6 is 15.9 Å². The van der Waals surface area contributed by atoms with Gasteiger partial charge in [0.05, 0.1) is 0 Å². The van der Waals surface area contributed by atoms with Crippen LogP contribution in [0.5, 0.6) is 0 Å². The van der Waals surface area contributed by atoms with Crippen LogP contribution in [0.4, 0.5) is 0 Å². The normalized spacial score (nSPS) is 29.3. The van der Waals surface area contributed by atoms with Crippen LogP contribution in [0.1, 0.15) is 28.8 Å². The number of fused-ring (bicyclic) bond motifs is 3. The van der Waals surface area contributed by atoms with Crippen LogP contribution in [0, 0.1) is 12.8 Å². The molecule has 2 bridgehead atoms.